The average Bonchev–Trinajstić information content (AvgIpc) is 2.79. The largest absolute Gasteiger partial charge is 0.368 e. The van der Waals surface area contributed by atoms with Crippen molar-refractivity contribution in [3.8, 4) is 0 Å². The Morgan fingerprint density at radius 3 is 2.67 bits per heavy atom. The third-order valence-electron chi connectivity index (χ3n) is 3.22. The van der Waals surface area contributed by atoms with Crippen molar-refractivity contribution in [2.45, 2.75) is 19.0 Å². The van der Waals surface area contributed by atoms with E-state index in [2.05, 4.69) is 10.2 Å². The first kappa shape index (κ1) is 15.4. The molecule has 1 aromatic carbocycles. The Morgan fingerprint density at radius 1 is 1.38 bits per heavy atom. The van der Waals surface area contributed by atoms with Gasteiger partial charge in [0.2, 0.25) is 11.9 Å². The quantitative estimate of drug-likeness (QED) is 0.853. The number of hydrogen-bond acceptors (Lipinski definition) is 5. The van der Waals surface area contributed by atoms with Crippen molar-refractivity contribution in [2.24, 2.45) is 7.05 Å². The Kier molecular flexibility index (Phi) is 4.85. The molecule has 0 atom stereocenters. The molecule has 1 amide bonds. The fraction of sp³-hybridized carbons (Fsp3) is 0.357. The minimum atomic E-state index is 0.0402. The highest BCUT2D eigenvalue weighted by Crippen LogP contribution is 2.22. The van der Waals surface area contributed by atoms with E-state index in [1.807, 2.05) is 38.1 Å². The molecule has 0 aliphatic carbocycles. The molecule has 0 unspecified atom stereocenters. The first-order chi connectivity index (χ1) is 10.0. The van der Waals surface area contributed by atoms with E-state index in [1.165, 1.54) is 11.8 Å². The van der Waals surface area contributed by atoms with Crippen LogP contribution in [0.15, 0.2) is 29.4 Å². The molecule has 0 saturated heterocycles. The highest BCUT2D eigenvalue weighted by Gasteiger charge is 2.17. The van der Waals surface area contributed by atoms with Gasteiger partial charge in [0.25, 0.3) is 0 Å². The van der Waals surface area contributed by atoms with Gasteiger partial charge in [0, 0.05) is 19.3 Å². The van der Waals surface area contributed by atoms with Crippen LogP contribution in [0.3, 0.4) is 0 Å². The monoisotopic (exact) mass is 305 g/mol. The van der Waals surface area contributed by atoms with Crippen molar-refractivity contribution in [2.75, 3.05) is 22.9 Å². The molecule has 0 aliphatic heterocycles. The van der Waals surface area contributed by atoms with Gasteiger partial charge in [-0.2, -0.15) is 0 Å². The predicted molar refractivity (Wildman–Crippen MR) is 85.3 cm³/mol. The van der Waals surface area contributed by atoms with Gasteiger partial charge in [-0.25, -0.2) is 0 Å². The number of amides is 1. The van der Waals surface area contributed by atoms with E-state index in [0.29, 0.717) is 23.4 Å². The lowest BCUT2D eigenvalue weighted by Gasteiger charge is -2.22. The summed E-state index contributed by atoms with van der Waals surface area (Å²) in [6.45, 7) is 4.60. The van der Waals surface area contributed by atoms with Gasteiger partial charge in [-0.3, -0.25) is 9.36 Å². The summed E-state index contributed by atoms with van der Waals surface area (Å²) in [6.07, 6.45) is 0. The maximum atomic E-state index is 12.4. The van der Waals surface area contributed by atoms with Crippen LogP contribution < -0.4 is 10.6 Å². The Hall–Kier alpha value is -2.02. The van der Waals surface area contributed by atoms with E-state index in [9.17, 15) is 4.79 Å². The standard InChI is InChI=1S/C14H19N5OS/c1-4-19(11-8-6-5-7-10(11)2)12(20)9-21-14-17-16-13(15)18(14)3/h5-8H,4,9H2,1-3H3,(H2,15,16). The highest BCUT2D eigenvalue weighted by molar-refractivity contribution is 7.99. The number of carbonyl (C=O) groups is 1. The highest BCUT2D eigenvalue weighted by atomic mass is 32.2. The second kappa shape index (κ2) is 6.62. The second-order valence-electron chi connectivity index (χ2n) is 4.61. The number of para-hydroxylation sites is 1. The van der Waals surface area contributed by atoms with Crippen LogP contribution >= 0.6 is 11.8 Å². The zero-order valence-corrected chi connectivity index (χ0v) is 13.2. The van der Waals surface area contributed by atoms with Crippen molar-refractivity contribution in [3.05, 3.63) is 29.8 Å². The first-order valence-corrected chi connectivity index (χ1v) is 7.66. The van der Waals surface area contributed by atoms with Gasteiger partial charge in [-0.05, 0) is 25.5 Å². The van der Waals surface area contributed by atoms with Gasteiger partial charge in [-0.15, -0.1) is 10.2 Å². The maximum absolute atomic E-state index is 12.4. The molecule has 1 aromatic heterocycles. The van der Waals surface area contributed by atoms with Crippen LogP contribution in [0.1, 0.15) is 12.5 Å². The van der Waals surface area contributed by atoms with E-state index in [0.717, 1.165) is 11.3 Å². The number of aryl methyl sites for hydroxylation is 1. The zero-order valence-electron chi connectivity index (χ0n) is 12.4. The molecule has 7 heteroatoms. The fourth-order valence-corrected chi connectivity index (χ4v) is 2.80. The zero-order chi connectivity index (χ0) is 15.4. The van der Waals surface area contributed by atoms with Gasteiger partial charge in [-0.1, -0.05) is 30.0 Å². The molecule has 0 spiro atoms. The van der Waals surface area contributed by atoms with E-state index >= 15 is 0 Å². The minimum Gasteiger partial charge on any atom is -0.368 e. The third kappa shape index (κ3) is 3.36. The molecule has 0 aliphatic rings. The van der Waals surface area contributed by atoms with Crippen molar-refractivity contribution in [3.63, 3.8) is 0 Å². The summed E-state index contributed by atoms with van der Waals surface area (Å²) in [5.74, 6) is 0.684. The molecule has 0 fully saturated rings. The summed E-state index contributed by atoms with van der Waals surface area (Å²) in [5, 5.41) is 8.36. The molecule has 2 aromatic rings. The fourth-order valence-electron chi connectivity index (χ4n) is 2.00. The van der Waals surface area contributed by atoms with Crippen LogP contribution in [-0.2, 0) is 11.8 Å². The van der Waals surface area contributed by atoms with E-state index in [-0.39, 0.29) is 5.91 Å². The number of nitrogens with two attached hydrogens (primary N) is 1. The number of nitrogen functional groups attached to an aromatic ring is 1. The van der Waals surface area contributed by atoms with E-state index in [1.54, 1.807) is 16.5 Å². The van der Waals surface area contributed by atoms with Gasteiger partial charge >= 0.3 is 0 Å². The van der Waals surface area contributed by atoms with Crippen molar-refractivity contribution < 1.29 is 4.79 Å². The van der Waals surface area contributed by atoms with Gasteiger partial charge < -0.3 is 10.6 Å². The third-order valence-corrected chi connectivity index (χ3v) is 4.22. The van der Waals surface area contributed by atoms with Gasteiger partial charge in [0.1, 0.15) is 0 Å². The van der Waals surface area contributed by atoms with Gasteiger partial charge in [0.05, 0.1) is 5.75 Å². The molecule has 2 rings (SSSR count). The molecule has 0 saturated carbocycles. The summed E-state index contributed by atoms with van der Waals surface area (Å²) in [5.41, 5.74) is 7.66. The topological polar surface area (TPSA) is 77.0 Å². The van der Waals surface area contributed by atoms with Crippen LogP contribution in [0.25, 0.3) is 0 Å². The predicted octanol–water partition coefficient (Wildman–Crippen LogP) is 1.85. The Morgan fingerprint density at radius 2 is 2.10 bits per heavy atom. The van der Waals surface area contributed by atoms with Crippen molar-refractivity contribution in [1.82, 2.24) is 14.8 Å². The van der Waals surface area contributed by atoms with Crippen LogP contribution in [0.4, 0.5) is 11.6 Å². The molecule has 112 valence electrons. The molecular formula is C14H19N5OS. The SMILES string of the molecule is CCN(C(=O)CSc1nnc(N)n1C)c1ccccc1C. The average molecular weight is 305 g/mol. The smallest absolute Gasteiger partial charge is 0.237 e. The van der Waals surface area contributed by atoms with Crippen LogP contribution in [0.5, 0.6) is 0 Å². The van der Waals surface area contributed by atoms with Gasteiger partial charge in [0.15, 0.2) is 5.16 Å². The molecule has 6 nitrogen and oxygen atoms in total. The molecule has 2 N–H and O–H groups in total. The Labute approximate surface area is 128 Å². The van der Waals surface area contributed by atoms with E-state index < -0.39 is 0 Å². The van der Waals surface area contributed by atoms with Crippen molar-refractivity contribution >= 4 is 29.3 Å². The molecular weight excluding hydrogens is 286 g/mol. The number of carbonyl (C=O) groups excluding carboxylic acids is 1. The lowest BCUT2D eigenvalue weighted by molar-refractivity contribution is -0.116. The summed E-state index contributed by atoms with van der Waals surface area (Å²) >= 11 is 1.34. The van der Waals surface area contributed by atoms with E-state index in [4.69, 9.17) is 5.73 Å². The number of nitrogens with zero attached hydrogens (tertiary/aromatic N) is 4. The first-order valence-electron chi connectivity index (χ1n) is 6.68. The summed E-state index contributed by atoms with van der Waals surface area (Å²) in [4.78, 5) is 14.2. The maximum Gasteiger partial charge on any atom is 0.237 e. The summed E-state index contributed by atoms with van der Waals surface area (Å²) < 4.78 is 1.67. The lowest BCUT2D eigenvalue weighted by atomic mass is 10.2. The summed E-state index contributed by atoms with van der Waals surface area (Å²) in [6, 6.07) is 7.87. The number of hydrogen-bond donors (Lipinski definition) is 1. The number of benzene rings is 1. The summed E-state index contributed by atoms with van der Waals surface area (Å²) in [7, 11) is 1.78. The van der Waals surface area contributed by atoms with Crippen molar-refractivity contribution in [1.29, 1.82) is 0 Å². The van der Waals surface area contributed by atoms with Crippen LogP contribution in [-0.4, -0.2) is 33.0 Å². The Bertz CT molecular complexity index is 640. The normalized spacial score (nSPS) is 10.6. The second-order valence-corrected chi connectivity index (χ2v) is 5.56. The molecule has 21 heavy (non-hydrogen) atoms. The molecule has 1 heterocycles. The molecule has 0 bridgehead atoms. The van der Waals surface area contributed by atoms with Crippen LogP contribution in [0.2, 0.25) is 0 Å². The lowest BCUT2D eigenvalue weighted by Crippen LogP contribution is -2.32. The number of thioether (sulfide) groups is 1. The minimum absolute atomic E-state index is 0.0402. The Balaban J connectivity index is 2.08. The molecule has 0 radical (unpaired) electrons. The number of rotatable bonds is 5. The number of aromatic nitrogens is 3. The van der Waals surface area contributed by atoms with Crippen LogP contribution in [0, 0.1) is 6.92 Å². The number of anilines is 2.